The molecule has 0 saturated heterocycles. The van der Waals surface area contributed by atoms with Crippen molar-refractivity contribution in [2.75, 3.05) is 0 Å². The van der Waals surface area contributed by atoms with Gasteiger partial charge in [0.15, 0.2) is 5.78 Å². The number of carbonyl (C=O) groups excluding carboxylic acids is 2. The minimum Gasteiger partial charge on any atom is -0.300 e. The Balaban J connectivity index is 1.76. The van der Waals surface area contributed by atoms with Crippen LogP contribution in [-0.2, 0) is 9.59 Å². The van der Waals surface area contributed by atoms with Gasteiger partial charge < -0.3 is 0 Å². The number of fused-ring (bicyclic) bond motifs is 5. The highest BCUT2D eigenvalue weighted by Gasteiger charge is 2.56. The molecule has 0 amide bonds. The quantitative estimate of drug-likeness (QED) is 0.672. The van der Waals surface area contributed by atoms with Crippen LogP contribution in [-0.4, -0.2) is 11.6 Å². The first-order valence-corrected chi connectivity index (χ1v) is 9.01. The summed E-state index contributed by atoms with van der Waals surface area (Å²) >= 11 is 0. The van der Waals surface area contributed by atoms with Gasteiger partial charge in [0.2, 0.25) is 0 Å². The SMILES string of the molecule is CC(=O)C1CCC2C3CCC4=CC(=O)C=CC4(C)C3=CCC12C. The average Bonchev–Trinajstić information content (AvgIpc) is 2.85. The van der Waals surface area contributed by atoms with E-state index in [1.54, 1.807) is 13.0 Å². The standard InChI is InChI=1S/C21H26O2/c1-13(22)17-6-7-18-16-5-4-14-12-15(23)8-10-20(14,2)19(16)9-11-21(17,18)3/h8-10,12,16-18H,4-7,11H2,1-3H3. The zero-order valence-electron chi connectivity index (χ0n) is 14.4. The Morgan fingerprint density at radius 1 is 1.22 bits per heavy atom. The van der Waals surface area contributed by atoms with Crippen molar-refractivity contribution in [3.8, 4) is 0 Å². The van der Waals surface area contributed by atoms with Gasteiger partial charge in [0.25, 0.3) is 0 Å². The number of carbonyl (C=O) groups is 2. The Morgan fingerprint density at radius 2 is 2.00 bits per heavy atom. The van der Waals surface area contributed by atoms with Crippen LogP contribution < -0.4 is 0 Å². The van der Waals surface area contributed by atoms with Gasteiger partial charge in [-0.1, -0.05) is 30.2 Å². The Hall–Kier alpha value is -1.44. The summed E-state index contributed by atoms with van der Waals surface area (Å²) in [6.45, 7) is 6.40. The van der Waals surface area contributed by atoms with E-state index in [2.05, 4.69) is 26.0 Å². The Morgan fingerprint density at radius 3 is 2.74 bits per heavy atom. The Labute approximate surface area is 138 Å². The van der Waals surface area contributed by atoms with E-state index in [1.807, 2.05) is 6.08 Å². The number of rotatable bonds is 1. The van der Waals surface area contributed by atoms with Crippen molar-refractivity contribution in [3.63, 3.8) is 0 Å². The van der Waals surface area contributed by atoms with Gasteiger partial charge in [0.05, 0.1) is 0 Å². The molecule has 4 aliphatic rings. The molecule has 2 nitrogen and oxygen atoms in total. The van der Waals surface area contributed by atoms with E-state index in [0.717, 1.165) is 25.7 Å². The van der Waals surface area contributed by atoms with Gasteiger partial charge in [-0.05, 0) is 75.4 Å². The van der Waals surface area contributed by atoms with Crippen LogP contribution in [0.4, 0.5) is 0 Å². The summed E-state index contributed by atoms with van der Waals surface area (Å²) in [6.07, 6.45) is 13.6. The lowest BCUT2D eigenvalue weighted by atomic mass is 9.52. The molecule has 0 aromatic rings. The van der Waals surface area contributed by atoms with Gasteiger partial charge in [0, 0.05) is 11.3 Å². The second-order valence-corrected chi connectivity index (χ2v) is 8.47. The lowest BCUT2D eigenvalue weighted by molar-refractivity contribution is -0.124. The van der Waals surface area contributed by atoms with E-state index < -0.39 is 0 Å². The van der Waals surface area contributed by atoms with Crippen LogP contribution in [0.2, 0.25) is 0 Å². The molecule has 0 bridgehead atoms. The molecule has 0 N–H and O–H groups in total. The van der Waals surface area contributed by atoms with E-state index in [0.29, 0.717) is 17.6 Å². The number of hydrogen-bond acceptors (Lipinski definition) is 2. The third kappa shape index (κ3) is 1.93. The molecule has 23 heavy (non-hydrogen) atoms. The van der Waals surface area contributed by atoms with Gasteiger partial charge in [-0.2, -0.15) is 0 Å². The molecule has 4 aliphatic carbocycles. The highest BCUT2D eigenvalue weighted by molar-refractivity contribution is 6.01. The number of hydrogen-bond donors (Lipinski definition) is 0. The van der Waals surface area contributed by atoms with E-state index in [9.17, 15) is 9.59 Å². The van der Waals surface area contributed by atoms with E-state index >= 15 is 0 Å². The maximum atomic E-state index is 12.1. The Kier molecular flexibility index (Phi) is 3.14. The zero-order valence-corrected chi connectivity index (χ0v) is 14.4. The molecular weight excluding hydrogens is 284 g/mol. The van der Waals surface area contributed by atoms with Crippen molar-refractivity contribution in [2.24, 2.45) is 28.6 Å². The summed E-state index contributed by atoms with van der Waals surface area (Å²) in [5.74, 6) is 1.95. The first-order valence-electron chi connectivity index (χ1n) is 9.01. The molecule has 2 heteroatoms. The van der Waals surface area contributed by atoms with Gasteiger partial charge in [-0.15, -0.1) is 0 Å². The third-order valence-electron chi connectivity index (χ3n) is 7.44. The first-order chi connectivity index (χ1) is 10.9. The lowest BCUT2D eigenvalue weighted by Crippen LogP contribution is -2.44. The molecule has 0 radical (unpaired) electrons. The van der Waals surface area contributed by atoms with Crippen LogP contribution in [0.1, 0.15) is 52.9 Å². The molecule has 0 aliphatic heterocycles. The molecule has 0 heterocycles. The summed E-state index contributed by atoms with van der Waals surface area (Å²) in [7, 11) is 0. The van der Waals surface area contributed by atoms with Crippen LogP contribution in [0.15, 0.2) is 35.5 Å². The summed E-state index contributed by atoms with van der Waals surface area (Å²) in [5.41, 5.74) is 2.89. The minimum atomic E-state index is -0.0630. The predicted octanol–water partition coefficient (Wildman–Crippen LogP) is 4.42. The van der Waals surface area contributed by atoms with Crippen LogP contribution in [0, 0.1) is 28.6 Å². The topological polar surface area (TPSA) is 34.1 Å². The van der Waals surface area contributed by atoms with Crippen LogP contribution in [0.5, 0.6) is 0 Å². The molecule has 5 unspecified atom stereocenters. The molecular formula is C21H26O2. The normalized spacial score (nSPS) is 44.8. The molecule has 0 spiro atoms. The average molecular weight is 310 g/mol. The monoisotopic (exact) mass is 310 g/mol. The summed E-state index contributed by atoms with van der Waals surface area (Å²) in [5, 5.41) is 0. The van der Waals surface area contributed by atoms with Gasteiger partial charge in [-0.3, -0.25) is 9.59 Å². The fourth-order valence-corrected chi connectivity index (χ4v) is 6.19. The van der Waals surface area contributed by atoms with Gasteiger partial charge in [0.1, 0.15) is 5.78 Å². The number of Topliss-reactive ketones (excluding diaryl/α,β-unsaturated/α-hetero) is 1. The molecule has 0 aromatic heterocycles. The van der Waals surface area contributed by atoms with E-state index in [-0.39, 0.29) is 22.5 Å². The van der Waals surface area contributed by atoms with E-state index in [4.69, 9.17) is 0 Å². The van der Waals surface area contributed by atoms with E-state index in [1.165, 1.54) is 17.6 Å². The van der Waals surface area contributed by atoms with Gasteiger partial charge in [-0.25, -0.2) is 0 Å². The van der Waals surface area contributed by atoms with Crippen molar-refractivity contribution in [2.45, 2.75) is 52.9 Å². The highest BCUT2D eigenvalue weighted by atomic mass is 16.1. The van der Waals surface area contributed by atoms with Crippen LogP contribution in [0.3, 0.4) is 0 Å². The maximum absolute atomic E-state index is 12.1. The van der Waals surface area contributed by atoms with Crippen LogP contribution >= 0.6 is 0 Å². The molecule has 122 valence electrons. The molecule has 4 rings (SSSR count). The predicted molar refractivity (Wildman–Crippen MR) is 90.8 cm³/mol. The fraction of sp³-hybridized carbons (Fsp3) is 0.619. The van der Waals surface area contributed by atoms with Crippen LogP contribution in [0.25, 0.3) is 0 Å². The molecule has 5 atom stereocenters. The number of ketones is 2. The summed E-state index contributed by atoms with van der Waals surface area (Å²) < 4.78 is 0. The highest BCUT2D eigenvalue weighted by Crippen LogP contribution is 2.63. The van der Waals surface area contributed by atoms with Crippen molar-refractivity contribution < 1.29 is 9.59 Å². The fourth-order valence-electron chi connectivity index (χ4n) is 6.19. The van der Waals surface area contributed by atoms with Crippen molar-refractivity contribution in [1.82, 2.24) is 0 Å². The second-order valence-electron chi connectivity index (χ2n) is 8.47. The second kappa shape index (κ2) is 4.78. The summed E-state index contributed by atoms with van der Waals surface area (Å²) in [4.78, 5) is 23.9. The smallest absolute Gasteiger partial charge is 0.178 e. The molecule has 2 fully saturated rings. The maximum Gasteiger partial charge on any atom is 0.178 e. The largest absolute Gasteiger partial charge is 0.300 e. The Bertz CT molecular complexity index is 680. The lowest BCUT2D eigenvalue weighted by Gasteiger charge is -2.52. The zero-order chi connectivity index (χ0) is 16.4. The number of allylic oxidation sites excluding steroid dienone is 6. The van der Waals surface area contributed by atoms with Crippen molar-refractivity contribution in [3.05, 3.63) is 35.5 Å². The van der Waals surface area contributed by atoms with Crippen molar-refractivity contribution >= 4 is 11.6 Å². The minimum absolute atomic E-state index is 0.0630. The molecule has 0 aromatic carbocycles. The third-order valence-corrected chi connectivity index (χ3v) is 7.44. The van der Waals surface area contributed by atoms with Gasteiger partial charge >= 0.3 is 0 Å². The first kappa shape index (κ1) is 15.1. The molecule has 2 saturated carbocycles. The summed E-state index contributed by atoms with van der Waals surface area (Å²) in [6, 6.07) is 0. The van der Waals surface area contributed by atoms with Crippen molar-refractivity contribution in [1.29, 1.82) is 0 Å².